The molecule has 25 heavy (non-hydrogen) atoms. The van der Waals surface area contributed by atoms with Gasteiger partial charge in [0.2, 0.25) is 11.8 Å². The third-order valence-electron chi connectivity index (χ3n) is 6.37. The van der Waals surface area contributed by atoms with Crippen LogP contribution in [-0.4, -0.2) is 59.9 Å². The number of nitrogens with zero attached hydrogens (tertiary/aromatic N) is 2. The molecule has 0 radical (unpaired) electrons. The van der Waals surface area contributed by atoms with Crippen LogP contribution < -0.4 is 5.32 Å². The highest BCUT2D eigenvalue weighted by atomic mass is 16.2. The predicted octanol–water partition coefficient (Wildman–Crippen LogP) is 2.40. The number of amides is 2. The lowest BCUT2D eigenvalue weighted by atomic mass is 9.92. The van der Waals surface area contributed by atoms with E-state index < -0.39 is 0 Å². The van der Waals surface area contributed by atoms with E-state index in [4.69, 9.17) is 0 Å². The van der Waals surface area contributed by atoms with E-state index in [1.165, 1.54) is 0 Å². The first kappa shape index (κ1) is 18.7. The van der Waals surface area contributed by atoms with Crippen LogP contribution in [0.25, 0.3) is 0 Å². The van der Waals surface area contributed by atoms with Crippen molar-refractivity contribution in [1.29, 1.82) is 0 Å². The maximum Gasteiger partial charge on any atom is 0.225 e. The molecule has 0 unspecified atom stereocenters. The lowest BCUT2D eigenvalue weighted by molar-refractivity contribution is -0.137. The number of likely N-dealkylation sites (tertiary alicyclic amines) is 2. The minimum absolute atomic E-state index is 0.165. The lowest BCUT2D eigenvalue weighted by Gasteiger charge is -2.42. The summed E-state index contributed by atoms with van der Waals surface area (Å²) in [6.07, 6.45) is 8.47. The van der Waals surface area contributed by atoms with Crippen LogP contribution in [0.15, 0.2) is 0 Å². The Labute approximate surface area is 152 Å². The van der Waals surface area contributed by atoms with Crippen LogP contribution in [0.5, 0.6) is 0 Å². The smallest absolute Gasteiger partial charge is 0.225 e. The molecule has 2 aliphatic heterocycles. The zero-order valence-electron chi connectivity index (χ0n) is 16.0. The van der Waals surface area contributed by atoms with Crippen molar-refractivity contribution in [3.05, 3.63) is 0 Å². The second-order valence-corrected chi connectivity index (χ2v) is 8.19. The average Bonchev–Trinajstić information content (AvgIpc) is 3.47. The van der Waals surface area contributed by atoms with Gasteiger partial charge in [-0.2, -0.15) is 0 Å². The van der Waals surface area contributed by atoms with E-state index in [9.17, 15) is 9.59 Å². The van der Waals surface area contributed by atoms with Crippen molar-refractivity contribution in [2.24, 2.45) is 11.8 Å². The highest BCUT2D eigenvalue weighted by molar-refractivity contribution is 5.79. The van der Waals surface area contributed by atoms with E-state index >= 15 is 0 Å². The summed E-state index contributed by atoms with van der Waals surface area (Å²) in [6.45, 7) is 8.01. The van der Waals surface area contributed by atoms with Crippen molar-refractivity contribution < 1.29 is 9.59 Å². The van der Waals surface area contributed by atoms with Gasteiger partial charge in [-0.3, -0.25) is 14.5 Å². The van der Waals surface area contributed by atoms with Crippen LogP contribution in [0.4, 0.5) is 0 Å². The molecule has 0 aromatic heterocycles. The molecule has 3 aliphatic rings. The van der Waals surface area contributed by atoms with E-state index in [1.54, 1.807) is 0 Å². The lowest BCUT2D eigenvalue weighted by Crippen LogP contribution is -2.52. The van der Waals surface area contributed by atoms with Gasteiger partial charge in [-0.25, -0.2) is 0 Å². The molecule has 0 aromatic rings. The third-order valence-corrected chi connectivity index (χ3v) is 6.37. The summed E-state index contributed by atoms with van der Waals surface area (Å²) in [4.78, 5) is 29.5. The Balaban J connectivity index is 1.47. The molecule has 2 heterocycles. The predicted molar refractivity (Wildman–Crippen MR) is 99.1 cm³/mol. The number of carbonyl (C=O) groups excluding carboxylic acids is 2. The molecule has 1 aliphatic carbocycles. The molecule has 0 aromatic carbocycles. The summed E-state index contributed by atoms with van der Waals surface area (Å²) in [5, 5.41) is 3.18. The van der Waals surface area contributed by atoms with Gasteiger partial charge in [0.15, 0.2) is 0 Å². The molecule has 3 rings (SSSR count). The van der Waals surface area contributed by atoms with Gasteiger partial charge in [0.25, 0.3) is 0 Å². The summed E-state index contributed by atoms with van der Waals surface area (Å²) in [6, 6.07) is 1.00. The monoisotopic (exact) mass is 349 g/mol. The maximum absolute atomic E-state index is 12.6. The Morgan fingerprint density at radius 2 is 1.68 bits per heavy atom. The Bertz CT molecular complexity index is 466. The van der Waals surface area contributed by atoms with Crippen molar-refractivity contribution in [3.8, 4) is 0 Å². The van der Waals surface area contributed by atoms with Crippen LogP contribution in [-0.2, 0) is 9.59 Å². The number of piperidine rings is 2. The molecule has 2 saturated heterocycles. The number of hydrogen-bond donors (Lipinski definition) is 1. The standard InChI is InChI=1S/C20H35N3O2/c1-3-15(4-2)20(25)22-12-9-18(10-13-22)23-11-5-6-16(14-23)19(24)21-17-7-8-17/h15-18H,3-14H2,1-2H3,(H,21,24)/t16-/m0/s1. The normalized spacial score (nSPS) is 26.0. The maximum atomic E-state index is 12.6. The van der Waals surface area contributed by atoms with Gasteiger partial charge in [0.1, 0.15) is 0 Å². The fourth-order valence-corrected chi connectivity index (χ4v) is 4.45. The molecule has 142 valence electrons. The summed E-state index contributed by atoms with van der Waals surface area (Å²) < 4.78 is 0. The van der Waals surface area contributed by atoms with Crippen molar-refractivity contribution in [1.82, 2.24) is 15.1 Å². The first-order valence-corrected chi connectivity index (χ1v) is 10.5. The summed E-state index contributed by atoms with van der Waals surface area (Å²) >= 11 is 0. The highest BCUT2D eigenvalue weighted by Crippen LogP contribution is 2.26. The van der Waals surface area contributed by atoms with Gasteiger partial charge in [-0.05, 0) is 57.9 Å². The van der Waals surface area contributed by atoms with E-state index in [0.717, 1.165) is 77.5 Å². The molecule has 1 saturated carbocycles. The number of rotatable bonds is 6. The van der Waals surface area contributed by atoms with E-state index in [0.29, 0.717) is 18.0 Å². The summed E-state index contributed by atoms with van der Waals surface area (Å²) in [5.41, 5.74) is 0. The van der Waals surface area contributed by atoms with Crippen molar-refractivity contribution >= 4 is 11.8 Å². The second-order valence-electron chi connectivity index (χ2n) is 8.19. The molecule has 5 heteroatoms. The van der Waals surface area contributed by atoms with Crippen LogP contribution in [0, 0.1) is 11.8 Å². The van der Waals surface area contributed by atoms with E-state index in [1.807, 2.05) is 0 Å². The van der Waals surface area contributed by atoms with Crippen molar-refractivity contribution in [2.45, 2.75) is 77.3 Å². The number of hydrogen-bond acceptors (Lipinski definition) is 3. The number of nitrogens with one attached hydrogen (secondary N) is 1. The molecule has 2 amide bonds. The molecule has 1 atom stereocenters. The first-order chi connectivity index (χ1) is 12.1. The zero-order chi connectivity index (χ0) is 17.8. The van der Waals surface area contributed by atoms with Crippen molar-refractivity contribution in [3.63, 3.8) is 0 Å². The number of carbonyl (C=O) groups is 2. The van der Waals surface area contributed by atoms with Crippen LogP contribution >= 0.6 is 0 Å². The van der Waals surface area contributed by atoms with Gasteiger partial charge < -0.3 is 10.2 Å². The van der Waals surface area contributed by atoms with Gasteiger partial charge >= 0.3 is 0 Å². The first-order valence-electron chi connectivity index (χ1n) is 10.5. The van der Waals surface area contributed by atoms with Crippen LogP contribution in [0.2, 0.25) is 0 Å². The molecule has 3 fully saturated rings. The summed E-state index contributed by atoms with van der Waals surface area (Å²) in [7, 11) is 0. The van der Waals surface area contributed by atoms with E-state index in [2.05, 4.69) is 29.0 Å². The van der Waals surface area contributed by atoms with Crippen LogP contribution in [0.3, 0.4) is 0 Å². The van der Waals surface area contributed by atoms with Crippen molar-refractivity contribution in [2.75, 3.05) is 26.2 Å². The largest absolute Gasteiger partial charge is 0.353 e. The molecular formula is C20H35N3O2. The minimum Gasteiger partial charge on any atom is -0.353 e. The zero-order valence-corrected chi connectivity index (χ0v) is 16.0. The Hall–Kier alpha value is -1.10. The SMILES string of the molecule is CCC(CC)C(=O)N1CCC(N2CCC[C@H](C(=O)NC3CC3)C2)CC1. The third kappa shape index (κ3) is 4.75. The fourth-order valence-electron chi connectivity index (χ4n) is 4.45. The molecular weight excluding hydrogens is 314 g/mol. The van der Waals surface area contributed by atoms with Gasteiger partial charge in [0, 0.05) is 37.6 Å². The molecule has 0 spiro atoms. The Kier molecular flexibility index (Phi) is 6.37. The van der Waals surface area contributed by atoms with E-state index in [-0.39, 0.29) is 17.7 Å². The average molecular weight is 350 g/mol. The van der Waals surface area contributed by atoms with Gasteiger partial charge in [-0.1, -0.05) is 13.8 Å². The Morgan fingerprint density at radius 1 is 1.00 bits per heavy atom. The van der Waals surface area contributed by atoms with Gasteiger partial charge in [0.05, 0.1) is 5.92 Å². The van der Waals surface area contributed by atoms with Crippen LogP contribution in [0.1, 0.15) is 65.2 Å². The molecule has 0 bridgehead atoms. The second kappa shape index (κ2) is 8.52. The molecule has 5 nitrogen and oxygen atoms in total. The fraction of sp³-hybridized carbons (Fsp3) is 0.900. The summed E-state index contributed by atoms with van der Waals surface area (Å²) in [5.74, 6) is 0.984. The Morgan fingerprint density at radius 3 is 2.28 bits per heavy atom. The van der Waals surface area contributed by atoms with Gasteiger partial charge in [-0.15, -0.1) is 0 Å². The topological polar surface area (TPSA) is 52.7 Å². The minimum atomic E-state index is 0.165. The highest BCUT2D eigenvalue weighted by Gasteiger charge is 2.34. The molecule has 1 N–H and O–H groups in total. The quantitative estimate of drug-likeness (QED) is 0.801.